The van der Waals surface area contributed by atoms with E-state index in [1.807, 2.05) is 6.92 Å². The number of esters is 1. The lowest BCUT2D eigenvalue weighted by Gasteiger charge is -2.20. The number of carbonyl (C=O) groups excluding carboxylic acids is 1. The minimum atomic E-state index is -0.655. The monoisotopic (exact) mass is 293 g/mol. The highest BCUT2D eigenvalue weighted by atomic mass is 35.5. The van der Waals surface area contributed by atoms with Gasteiger partial charge in [0.2, 0.25) is 0 Å². The van der Waals surface area contributed by atoms with Crippen LogP contribution < -0.4 is 5.32 Å². The molecule has 1 rings (SSSR count). The predicted octanol–water partition coefficient (Wildman–Crippen LogP) is 3.74. The van der Waals surface area contributed by atoms with E-state index in [1.165, 1.54) is 19.2 Å². The largest absolute Gasteiger partial charge is 0.469 e. The van der Waals surface area contributed by atoms with E-state index in [2.05, 4.69) is 10.1 Å². The van der Waals surface area contributed by atoms with Gasteiger partial charge >= 0.3 is 5.97 Å². The van der Waals surface area contributed by atoms with Crippen LogP contribution in [0, 0.1) is 11.7 Å². The molecule has 1 aromatic rings. The van der Waals surface area contributed by atoms with E-state index in [0.29, 0.717) is 5.69 Å². The second-order valence-corrected chi connectivity index (χ2v) is 4.81. The van der Waals surface area contributed by atoms with Crippen molar-refractivity contribution in [3.05, 3.63) is 28.0 Å². The molecule has 2 atom stereocenters. The number of benzene rings is 1. The van der Waals surface area contributed by atoms with Crippen molar-refractivity contribution in [2.45, 2.75) is 19.9 Å². The molecule has 1 N–H and O–H groups in total. The summed E-state index contributed by atoms with van der Waals surface area (Å²) in [7, 11) is 1.33. The van der Waals surface area contributed by atoms with Gasteiger partial charge in [-0.2, -0.15) is 0 Å². The summed E-state index contributed by atoms with van der Waals surface area (Å²) in [5.41, 5.74) is 0.551. The minimum absolute atomic E-state index is 0.0667. The van der Waals surface area contributed by atoms with Crippen LogP contribution in [0.2, 0.25) is 10.0 Å². The van der Waals surface area contributed by atoms with Gasteiger partial charge in [-0.3, -0.25) is 4.79 Å². The second-order valence-electron chi connectivity index (χ2n) is 4.00. The Morgan fingerprint density at radius 2 is 1.83 bits per heavy atom. The van der Waals surface area contributed by atoms with E-state index in [4.69, 9.17) is 23.2 Å². The summed E-state index contributed by atoms with van der Waals surface area (Å²) < 4.78 is 17.9. The molecule has 0 aromatic heterocycles. The Kier molecular flexibility index (Phi) is 5.23. The van der Waals surface area contributed by atoms with Gasteiger partial charge in [-0.15, -0.1) is 0 Å². The lowest BCUT2D eigenvalue weighted by atomic mass is 10.0. The lowest BCUT2D eigenvalue weighted by molar-refractivity contribution is -0.145. The summed E-state index contributed by atoms with van der Waals surface area (Å²) in [6.07, 6.45) is 0. The van der Waals surface area contributed by atoms with E-state index in [1.54, 1.807) is 6.92 Å². The minimum Gasteiger partial charge on any atom is -0.469 e. The fourth-order valence-corrected chi connectivity index (χ4v) is 1.90. The maximum absolute atomic E-state index is 13.2. The fourth-order valence-electron chi connectivity index (χ4n) is 1.42. The van der Waals surface area contributed by atoms with Crippen molar-refractivity contribution in [2.75, 3.05) is 12.4 Å². The highest BCUT2D eigenvalue weighted by Gasteiger charge is 2.21. The van der Waals surface area contributed by atoms with Crippen LogP contribution in [0.25, 0.3) is 0 Å². The Morgan fingerprint density at radius 1 is 1.33 bits per heavy atom. The fraction of sp³-hybridized carbons (Fsp3) is 0.417. The lowest BCUT2D eigenvalue weighted by Crippen LogP contribution is -2.30. The third-order valence-electron chi connectivity index (χ3n) is 2.70. The number of methoxy groups -OCH3 is 1. The second kappa shape index (κ2) is 6.25. The number of anilines is 1. The Labute approximate surface area is 115 Å². The Bertz CT molecular complexity index is 431. The van der Waals surface area contributed by atoms with Gasteiger partial charge in [0, 0.05) is 11.7 Å². The van der Waals surface area contributed by atoms with E-state index < -0.39 is 5.82 Å². The van der Waals surface area contributed by atoms with Crippen molar-refractivity contribution in [1.29, 1.82) is 0 Å². The summed E-state index contributed by atoms with van der Waals surface area (Å²) in [5, 5.41) is 2.90. The number of carbonyl (C=O) groups is 1. The quantitative estimate of drug-likeness (QED) is 0.679. The van der Waals surface area contributed by atoms with Gasteiger partial charge in [0.1, 0.15) is 0 Å². The van der Waals surface area contributed by atoms with Crippen molar-refractivity contribution < 1.29 is 13.9 Å². The molecule has 0 bridgehead atoms. The molecule has 3 nitrogen and oxygen atoms in total. The molecule has 0 fully saturated rings. The Balaban J connectivity index is 2.82. The molecule has 6 heteroatoms. The molecule has 0 aliphatic carbocycles. The topological polar surface area (TPSA) is 38.3 Å². The van der Waals surface area contributed by atoms with Crippen molar-refractivity contribution >= 4 is 34.9 Å². The molecule has 2 unspecified atom stereocenters. The molecule has 100 valence electrons. The average Bonchev–Trinajstić information content (AvgIpc) is 2.33. The van der Waals surface area contributed by atoms with Crippen LogP contribution in [-0.4, -0.2) is 19.1 Å². The molecular formula is C12H14Cl2FNO2. The molecular weight excluding hydrogens is 280 g/mol. The summed E-state index contributed by atoms with van der Waals surface area (Å²) in [6.45, 7) is 3.54. The first kappa shape index (κ1) is 15.1. The van der Waals surface area contributed by atoms with Gasteiger partial charge in [0.25, 0.3) is 0 Å². The van der Waals surface area contributed by atoms with Crippen molar-refractivity contribution in [3.8, 4) is 0 Å². The van der Waals surface area contributed by atoms with Crippen molar-refractivity contribution in [1.82, 2.24) is 0 Å². The summed E-state index contributed by atoms with van der Waals surface area (Å²) in [6, 6.07) is 2.64. The van der Waals surface area contributed by atoms with Gasteiger partial charge in [-0.25, -0.2) is 4.39 Å². The highest BCUT2D eigenvalue weighted by molar-refractivity contribution is 6.35. The first-order valence-corrected chi connectivity index (χ1v) is 6.11. The van der Waals surface area contributed by atoms with Gasteiger partial charge < -0.3 is 10.1 Å². The molecule has 0 radical (unpaired) electrons. The molecule has 0 heterocycles. The molecule has 0 amide bonds. The van der Waals surface area contributed by atoms with E-state index >= 15 is 0 Å². The van der Waals surface area contributed by atoms with Gasteiger partial charge in [0.05, 0.1) is 23.1 Å². The number of rotatable bonds is 4. The summed E-state index contributed by atoms with van der Waals surface area (Å²) in [5.74, 6) is -1.33. The standard InChI is InChI=1S/C12H14Cl2FNO2/c1-6(12(17)18-3)7(2)16-8-4-9(13)11(15)10(14)5-8/h4-7,16H,1-3H3. The van der Waals surface area contributed by atoms with Crippen molar-refractivity contribution in [2.24, 2.45) is 5.92 Å². The summed E-state index contributed by atoms with van der Waals surface area (Å²) >= 11 is 11.4. The first-order chi connectivity index (χ1) is 8.36. The van der Waals surface area contributed by atoms with Crippen LogP contribution in [0.5, 0.6) is 0 Å². The highest BCUT2D eigenvalue weighted by Crippen LogP contribution is 2.28. The smallest absolute Gasteiger partial charge is 0.310 e. The van der Waals surface area contributed by atoms with Crippen molar-refractivity contribution in [3.63, 3.8) is 0 Å². The zero-order chi connectivity index (χ0) is 13.9. The normalized spacial score (nSPS) is 13.9. The van der Waals surface area contributed by atoms with E-state index in [-0.39, 0.29) is 28.0 Å². The SMILES string of the molecule is COC(=O)C(C)C(C)Nc1cc(Cl)c(F)c(Cl)c1. The Hall–Kier alpha value is -1.00. The van der Waals surface area contributed by atoms with Crippen LogP contribution >= 0.6 is 23.2 Å². The first-order valence-electron chi connectivity index (χ1n) is 5.35. The number of halogens is 3. The van der Waals surface area contributed by atoms with Gasteiger partial charge in [-0.05, 0) is 26.0 Å². The zero-order valence-electron chi connectivity index (χ0n) is 10.3. The van der Waals surface area contributed by atoms with Crippen LogP contribution in [-0.2, 0) is 9.53 Å². The maximum Gasteiger partial charge on any atom is 0.310 e. The number of hydrogen-bond donors (Lipinski definition) is 1. The van der Waals surface area contributed by atoms with Crippen LogP contribution in [0.1, 0.15) is 13.8 Å². The maximum atomic E-state index is 13.2. The Morgan fingerprint density at radius 3 is 2.28 bits per heavy atom. The molecule has 0 saturated heterocycles. The molecule has 0 aliphatic rings. The van der Waals surface area contributed by atoms with E-state index in [9.17, 15) is 9.18 Å². The van der Waals surface area contributed by atoms with Gasteiger partial charge in [0.15, 0.2) is 5.82 Å². The number of hydrogen-bond acceptors (Lipinski definition) is 3. The molecule has 18 heavy (non-hydrogen) atoms. The van der Waals surface area contributed by atoms with E-state index in [0.717, 1.165) is 0 Å². The van der Waals surface area contributed by atoms with Gasteiger partial charge in [-0.1, -0.05) is 23.2 Å². The summed E-state index contributed by atoms with van der Waals surface area (Å²) in [4.78, 5) is 11.4. The van der Waals surface area contributed by atoms with Crippen LogP contribution in [0.3, 0.4) is 0 Å². The predicted molar refractivity (Wildman–Crippen MR) is 70.7 cm³/mol. The molecule has 0 spiro atoms. The number of ether oxygens (including phenoxy) is 1. The average molecular weight is 294 g/mol. The molecule has 0 saturated carbocycles. The van der Waals surface area contributed by atoms with Crippen LogP contribution in [0.15, 0.2) is 12.1 Å². The third kappa shape index (κ3) is 3.50. The third-order valence-corrected chi connectivity index (χ3v) is 3.25. The molecule has 1 aromatic carbocycles. The van der Waals surface area contributed by atoms with Crippen LogP contribution in [0.4, 0.5) is 10.1 Å². The zero-order valence-corrected chi connectivity index (χ0v) is 11.8. The molecule has 0 aliphatic heterocycles. The number of nitrogens with one attached hydrogen (secondary N) is 1.